The summed E-state index contributed by atoms with van der Waals surface area (Å²) in [4.78, 5) is 18.6. The molecule has 2 aromatic heterocycles. The number of rotatable bonds is 2. The molecular weight excluding hydrogens is 302 g/mol. The van der Waals surface area contributed by atoms with E-state index >= 15 is 0 Å². The molecule has 0 radical (unpaired) electrons. The van der Waals surface area contributed by atoms with E-state index in [1.807, 2.05) is 41.7 Å². The van der Waals surface area contributed by atoms with Crippen LogP contribution in [0.15, 0.2) is 30.3 Å². The van der Waals surface area contributed by atoms with Crippen molar-refractivity contribution >= 4 is 28.4 Å². The summed E-state index contributed by atoms with van der Waals surface area (Å²) in [5.41, 5.74) is 4.04. The number of carbonyl (C=O) groups is 1. The highest BCUT2D eigenvalue weighted by atomic mass is 16.2. The Hall–Kier alpha value is -3.07. The molecule has 3 heterocycles. The first-order valence-corrected chi connectivity index (χ1v) is 8.07. The molecule has 1 aliphatic heterocycles. The first kappa shape index (κ1) is 14.5. The van der Waals surface area contributed by atoms with Crippen LogP contribution < -0.4 is 10.2 Å². The molecule has 4 rings (SSSR count). The van der Waals surface area contributed by atoms with Gasteiger partial charge in [0.2, 0.25) is 5.91 Å². The van der Waals surface area contributed by atoms with Gasteiger partial charge in [-0.15, -0.1) is 0 Å². The number of hydrogen-bond acceptors (Lipinski definition) is 4. The zero-order valence-corrected chi connectivity index (χ0v) is 13.4. The third-order valence-electron chi connectivity index (χ3n) is 4.49. The van der Waals surface area contributed by atoms with Gasteiger partial charge in [0.05, 0.1) is 23.1 Å². The molecule has 1 fully saturated rings. The van der Waals surface area contributed by atoms with Gasteiger partial charge in [-0.1, -0.05) is 19.1 Å². The third-order valence-corrected chi connectivity index (χ3v) is 4.49. The SMILES string of the molecule is CCc1cc(N2CCNC(=O)C2)n2c(nc3ccccc32)c1C#N. The minimum atomic E-state index is 0.0150. The van der Waals surface area contributed by atoms with Crippen molar-refractivity contribution in [3.63, 3.8) is 0 Å². The highest BCUT2D eigenvalue weighted by molar-refractivity contribution is 5.87. The van der Waals surface area contributed by atoms with Crippen molar-refractivity contribution in [1.29, 1.82) is 5.26 Å². The van der Waals surface area contributed by atoms with Crippen molar-refractivity contribution in [2.45, 2.75) is 13.3 Å². The van der Waals surface area contributed by atoms with E-state index in [-0.39, 0.29) is 5.91 Å². The van der Waals surface area contributed by atoms with Crippen LogP contribution in [-0.4, -0.2) is 34.9 Å². The highest BCUT2D eigenvalue weighted by Crippen LogP contribution is 2.29. The Balaban J connectivity index is 2.08. The van der Waals surface area contributed by atoms with Crippen LogP contribution in [0.3, 0.4) is 0 Å². The zero-order chi connectivity index (χ0) is 16.7. The summed E-state index contributed by atoms with van der Waals surface area (Å²) in [6, 6.07) is 12.2. The van der Waals surface area contributed by atoms with E-state index in [1.54, 1.807) is 0 Å². The average molecular weight is 319 g/mol. The maximum atomic E-state index is 11.8. The Kier molecular flexibility index (Phi) is 3.35. The van der Waals surface area contributed by atoms with Gasteiger partial charge in [0.1, 0.15) is 11.9 Å². The van der Waals surface area contributed by atoms with E-state index in [4.69, 9.17) is 0 Å². The van der Waals surface area contributed by atoms with E-state index < -0.39 is 0 Å². The van der Waals surface area contributed by atoms with E-state index in [9.17, 15) is 10.1 Å². The molecule has 0 atom stereocenters. The number of aryl methyl sites for hydroxylation is 1. The lowest BCUT2D eigenvalue weighted by atomic mass is 10.1. The van der Waals surface area contributed by atoms with Crippen LogP contribution in [0.4, 0.5) is 5.82 Å². The van der Waals surface area contributed by atoms with E-state index in [0.717, 1.165) is 35.4 Å². The Labute approximate surface area is 139 Å². The second-order valence-electron chi connectivity index (χ2n) is 5.90. The number of anilines is 1. The predicted molar refractivity (Wildman–Crippen MR) is 92.0 cm³/mol. The molecule has 6 nitrogen and oxygen atoms in total. The number of para-hydroxylation sites is 2. The van der Waals surface area contributed by atoms with Gasteiger partial charge >= 0.3 is 0 Å². The maximum absolute atomic E-state index is 11.8. The molecular formula is C18H17N5O. The van der Waals surface area contributed by atoms with Crippen LogP contribution >= 0.6 is 0 Å². The number of fused-ring (bicyclic) bond motifs is 3. The first-order chi connectivity index (χ1) is 11.7. The number of nitrogens with one attached hydrogen (secondary N) is 1. The van der Waals surface area contributed by atoms with E-state index in [0.29, 0.717) is 24.3 Å². The van der Waals surface area contributed by atoms with Crippen LogP contribution in [0.5, 0.6) is 0 Å². The van der Waals surface area contributed by atoms with Gasteiger partial charge in [-0.3, -0.25) is 9.20 Å². The highest BCUT2D eigenvalue weighted by Gasteiger charge is 2.23. The fraction of sp³-hybridized carbons (Fsp3) is 0.278. The number of piperazine rings is 1. The van der Waals surface area contributed by atoms with Gasteiger partial charge in [0.15, 0.2) is 5.65 Å². The molecule has 0 bridgehead atoms. The summed E-state index contributed by atoms with van der Waals surface area (Å²) in [6.45, 7) is 3.70. The lowest BCUT2D eigenvalue weighted by Gasteiger charge is -2.30. The summed E-state index contributed by atoms with van der Waals surface area (Å²) in [5.74, 6) is 0.936. The Morgan fingerprint density at radius 1 is 1.38 bits per heavy atom. The van der Waals surface area contributed by atoms with Crippen molar-refractivity contribution in [1.82, 2.24) is 14.7 Å². The zero-order valence-electron chi connectivity index (χ0n) is 13.4. The van der Waals surface area contributed by atoms with Crippen molar-refractivity contribution in [2.24, 2.45) is 0 Å². The molecule has 1 amide bonds. The second-order valence-corrected chi connectivity index (χ2v) is 5.90. The number of amides is 1. The number of pyridine rings is 1. The molecule has 0 aliphatic carbocycles. The lowest BCUT2D eigenvalue weighted by Crippen LogP contribution is -2.48. The Morgan fingerprint density at radius 2 is 2.21 bits per heavy atom. The molecule has 24 heavy (non-hydrogen) atoms. The van der Waals surface area contributed by atoms with Gasteiger partial charge < -0.3 is 10.2 Å². The molecule has 0 unspecified atom stereocenters. The minimum absolute atomic E-state index is 0.0150. The number of carbonyl (C=O) groups excluding carboxylic acids is 1. The smallest absolute Gasteiger partial charge is 0.239 e. The minimum Gasteiger partial charge on any atom is -0.353 e. The summed E-state index contributed by atoms with van der Waals surface area (Å²) in [7, 11) is 0. The Morgan fingerprint density at radius 3 is 2.96 bits per heavy atom. The summed E-state index contributed by atoms with van der Waals surface area (Å²) in [5, 5.41) is 12.5. The average Bonchev–Trinajstić information content (AvgIpc) is 2.99. The van der Waals surface area contributed by atoms with Crippen molar-refractivity contribution in [3.8, 4) is 6.07 Å². The molecule has 0 spiro atoms. The van der Waals surface area contributed by atoms with Crippen LogP contribution in [0.1, 0.15) is 18.1 Å². The molecule has 1 aromatic carbocycles. The van der Waals surface area contributed by atoms with Gasteiger partial charge in [-0.25, -0.2) is 4.98 Å². The van der Waals surface area contributed by atoms with E-state index in [1.165, 1.54) is 0 Å². The molecule has 1 saturated heterocycles. The Bertz CT molecular complexity index is 998. The monoisotopic (exact) mass is 319 g/mol. The van der Waals surface area contributed by atoms with Gasteiger partial charge in [-0.2, -0.15) is 5.26 Å². The quantitative estimate of drug-likeness (QED) is 0.782. The summed E-state index contributed by atoms with van der Waals surface area (Å²) >= 11 is 0. The van der Waals surface area contributed by atoms with Gasteiger partial charge in [0, 0.05) is 13.1 Å². The largest absolute Gasteiger partial charge is 0.353 e. The number of aromatic nitrogens is 2. The molecule has 1 aliphatic rings. The fourth-order valence-electron chi connectivity index (χ4n) is 3.33. The standard InChI is InChI=1S/C18H17N5O/c1-2-12-9-17(22-8-7-20-16(24)11-22)23-15-6-4-3-5-14(15)21-18(23)13(12)10-19/h3-6,9H,2,7-8,11H2,1H3,(H,20,24). The van der Waals surface area contributed by atoms with Crippen LogP contribution in [-0.2, 0) is 11.2 Å². The summed E-state index contributed by atoms with van der Waals surface area (Å²) in [6.07, 6.45) is 0.746. The number of nitrogens with zero attached hydrogens (tertiary/aromatic N) is 4. The number of imidazole rings is 1. The number of nitriles is 1. The third kappa shape index (κ3) is 2.09. The summed E-state index contributed by atoms with van der Waals surface area (Å²) < 4.78 is 2.01. The van der Waals surface area contributed by atoms with Gasteiger partial charge in [-0.05, 0) is 30.2 Å². The predicted octanol–water partition coefficient (Wildman–Crippen LogP) is 1.86. The van der Waals surface area contributed by atoms with Gasteiger partial charge in [0.25, 0.3) is 0 Å². The molecule has 6 heteroatoms. The van der Waals surface area contributed by atoms with Crippen LogP contribution in [0.2, 0.25) is 0 Å². The van der Waals surface area contributed by atoms with Crippen LogP contribution in [0, 0.1) is 11.3 Å². The molecule has 1 N–H and O–H groups in total. The van der Waals surface area contributed by atoms with Crippen LogP contribution in [0.25, 0.3) is 16.7 Å². The van der Waals surface area contributed by atoms with Crippen molar-refractivity contribution in [2.75, 3.05) is 24.5 Å². The fourth-order valence-corrected chi connectivity index (χ4v) is 3.33. The topological polar surface area (TPSA) is 73.4 Å². The molecule has 3 aromatic rings. The lowest BCUT2D eigenvalue weighted by molar-refractivity contribution is -0.120. The first-order valence-electron chi connectivity index (χ1n) is 8.07. The van der Waals surface area contributed by atoms with E-state index in [2.05, 4.69) is 21.3 Å². The second kappa shape index (κ2) is 5.53. The molecule has 0 saturated carbocycles. The van der Waals surface area contributed by atoms with Crippen molar-refractivity contribution < 1.29 is 4.79 Å². The number of hydrogen-bond donors (Lipinski definition) is 1. The molecule has 120 valence electrons. The maximum Gasteiger partial charge on any atom is 0.239 e. The number of benzene rings is 1. The normalized spacial score (nSPS) is 14.8. The van der Waals surface area contributed by atoms with Crippen molar-refractivity contribution in [3.05, 3.63) is 41.5 Å².